The first-order valence-electron chi connectivity index (χ1n) is 4.59. The van der Waals surface area contributed by atoms with E-state index >= 15 is 0 Å². The van der Waals surface area contributed by atoms with Crippen molar-refractivity contribution in [2.45, 2.75) is 6.92 Å². The predicted molar refractivity (Wildman–Crippen MR) is 59.5 cm³/mol. The van der Waals surface area contributed by atoms with Crippen molar-refractivity contribution in [3.8, 4) is 11.3 Å². The molecule has 2 nitrogen and oxygen atoms in total. The molecule has 0 saturated heterocycles. The van der Waals surface area contributed by atoms with E-state index in [0.29, 0.717) is 11.1 Å². The lowest BCUT2D eigenvalue weighted by molar-refractivity contribution is 0.613. The summed E-state index contributed by atoms with van der Waals surface area (Å²) < 4.78 is 26.7. The lowest BCUT2D eigenvalue weighted by Crippen LogP contribution is -1.93. The Labute approximate surface area is 96.0 Å². The van der Waals surface area contributed by atoms with Gasteiger partial charge in [0.15, 0.2) is 10.6 Å². The molecule has 0 aliphatic rings. The molecule has 0 unspecified atom stereocenters. The third-order valence-corrected chi connectivity index (χ3v) is 2.42. The average molecular weight is 238 g/mol. The van der Waals surface area contributed by atoms with E-state index in [9.17, 15) is 8.78 Å². The third-order valence-electron chi connectivity index (χ3n) is 2.21. The molecule has 0 fully saturated rings. The van der Waals surface area contributed by atoms with Gasteiger partial charge in [0.25, 0.3) is 0 Å². The smallest absolute Gasteiger partial charge is 0.197 e. The molecule has 1 N–H and O–H groups in total. The molecule has 82 valence electrons. The summed E-state index contributed by atoms with van der Waals surface area (Å²) in [5, 5.41) is 0. The van der Waals surface area contributed by atoms with Gasteiger partial charge in [0, 0.05) is 5.56 Å². The van der Waals surface area contributed by atoms with Gasteiger partial charge in [-0.25, -0.2) is 13.8 Å². The maximum absolute atomic E-state index is 13.5. The molecule has 5 heteroatoms. The summed E-state index contributed by atoms with van der Waals surface area (Å²) in [6, 6.07) is 4.34. The van der Waals surface area contributed by atoms with E-state index < -0.39 is 5.82 Å². The Balaban J connectivity index is 2.62. The van der Waals surface area contributed by atoms with Gasteiger partial charge < -0.3 is 4.98 Å². The van der Waals surface area contributed by atoms with Crippen molar-refractivity contribution in [2.24, 2.45) is 0 Å². The van der Waals surface area contributed by atoms with E-state index in [1.54, 1.807) is 13.0 Å². The number of halogens is 2. The van der Waals surface area contributed by atoms with Crippen LogP contribution >= 0.6 is 12.2 Å². The van der Waals surface area contributed by atoms with Crippen molar-refractivity contribution in [3.05, 3.63) is 46.4 Å². The number of aryl methyl sites for hydroxylation is 1. The van der Waals surface area contributed by atoms with Crippen molar-refractivity contribution >= 4 is 12.2 Å². The van der Waals surface area contributed by atoms with Gasteiger partial charge >= 0.3 is 0 Å². The molecule has 0 bridgehead atoms. The summed E-state index contributed by atoms with van der Waals surface area (Å²) in [7, 11) is 0. The molecule has 0 aliphatic carbocycles. The highest BCUT2D eigenvalue weighted by molar-refractivity contribution is 7.71. The number of benzene rings is 1. The molecule has 0 radical (unpaired) electrons. The summed E-state index contributed by atoms with van der Waals surface area (Å²) in [6.45, 7) is 1.62. The fraction of sp³-hybridized carbons (Fsp3) is 0.0909. The Bertz CT molecular complexity index is 593. The first-order valence-corrected chi connectivity index (χ1v) is 5.00. The fourth-order valence-corrected chi connectivity index (χ4v) is 1.54. The number of nitrogens with one attached hydrogen (secondary N) is 1. The maximum Gasteiger partial charge on any atom is 0.197 e. The van der Waals surface area contributed by atoms with Gasteiger partial charge in [0.05, 0.1) is 11.9 Å². The molecular weight excluding hydrogens is 230 g/mol. The molecule has 1 aromatic heterocycles. The van der Waals surface area contributed by atoms with Gasteiger partial charge in [-0.2, -0.15) is 0 Å². The van der Waals surface area contributed by atoms with Gasteiger partial charge in [-0.1, -0.05) is 0 Å². The van der Waals surface area contributed by atoms with Crippen LogP contribution in [0.15, 0.2) is 24.4 Å². The molecule has 2 aromatic rings. The van der Waals surface area contributed by atoms with Gasteiger partial charge in [0.1, 0.15) is 5.82 Å². The SMILES string of the molecule is Cc1cc(-c2[nH]c(=S)ncc2F)ccc1F. The molecule has 0 saturated carbocycles. The highest BCUT2D eigenvalue weighted by atomic mass is 32.1. The van der Waals surface area contributed by atoms with E-state index in [1.165, 1.54) is 12.1 Å². The number of aromatic amines is 1. The molecule has 1 heterocycles. The van der Waals surface area contributed by atoms with Gasteiger partial charge in [-0.15, -0.1) is 0 Å². The molecular formula is C11H8F2N2S. The van der Waals surface area contributed by atoms with Crippen LogP contribution < -0.4 is 0 Å². The quantitative estimate of drug-likeness (QED) is 0.771. The van der Waals surface area contributed by atoms with Crippen LogP contribution in [-0.2, 0) is 0 Å². The van der Waals surface area contributed by atoms with E-state index in [4.69, 9.17) is 12.2 Å². The zero-order valence-electron chi connectivity index (χ0n) is 8.42. The monoisotopic (exact) mass is 238 g/mol. The van der Waals surface area contributed by atoms with Crippen LogP contribution in [0.1, 0.15) is 5.56 Å². The largest absolute Gasteiger partial charge is 0.328 e. The summed E-state index contributed by atoms with van der Waals surface area (Å²) in [6.07, 6.45) is 1.05. The van der Waals surface area contributed by atoms with E-state index in [2.05, 4.69) is 9.97 Å². The fourth-order valence-electron chi connectivity index (χ4n) is 1.39. The molecule has 0 atom stereocenters. The second-order valence-electron chi connectivity index (χ2n) is 3.38. The summed E-state index contributed by atoms with van der Waals surface area (Å²) in [4.78, 5) is 6.26. The minimum atomic E-state index is -0.514. The Morgan fingerprint density at radius 3 is 2.69 bits per heavy atom. The lowest BCUT2D eigenvalue weighted by atomic mass is 10.1. The third kappa shape index (κ3) is 1.99. The molecule has 0 spiro atoms. The van der Waals surface area contributed by atoms with Crippen molar-refractivity contribution in [1.29, 1.82) is 0 Å². The number of rotatable bonds is 1. The molecule has 0 aliphatic heterocycles. The van der Waals surface area contributed by atoms with E-state index in [-0.39, 0.29) is 16.3 Å². The standard InChI is InChI=1S/C11H8F2N2S/c1-6-4-7(2-3-8(6)12)10-9(13)5-14-11(16)15-10/h2-5H,1H3,(H,14,15,16). The second-order valence-corrected chi connectivity index (χ2v) is 3.76. The number of aromatic nitrogens is 2. The van der Waals surface area contributed by atoms with Gasteiger partial charge in [0.2, 0.25) is 0 Å². The zero-order valence-corrected chi connectivity index (χ0v) is 9.24. The number of H-pyrrole nitrogens is 1. The first-order chi connectivity index (χ1) is 7.58. The topological polar surface area (TPSA) is 28.7 Å². The van der Waals surface area contributed by atoms with Crippen LogP contribution in [0.4, 0.5) is 8.78 Å². The Hall–Kier alpha value is -1.62. The Morgan fingerprint density at radius 1 is 1.25 bits per heavy atom. The van der Waals surface area contributed by atoms with Crippen LogP contribution in [0.2, 0.25) is 0 Å². The highest BCUT2D eigenvalue weighted by Crippen LogP contribution is 2.21. The van der Waals surface area contributed by atoms with Crippen LogP contribution in [0.25, 0.3) is 11.3 Å². The Morgan fingerprint density at radius 2 is 2.00 bits per heavy atom. The maximum atomic E-state index is 13.5. The number of hydrogen-bond donors (Lipinski definition) is 1. The minimum absolute atomic E-state index is 0.193. The number of hydrogen-bond acceptors (Lipinski definition) is 2. The van der Waals surface area contributed by atoms with Crippen LogP contribution in [-0.4, -0.2) is 9.97 Å². The van der Waals surface area contributed by atoms with Crippen LogP contribution in [0, 0.1) is 23.3 Å². The minimum Gasteiger partial charge on any atom is -0.328 e. The normalized spacial score (nSPS) is 10.4. The summed E-state index contributed by atoms with van der Waals surface area (Å²) in [5.74, 6) is -0.837. The van der Waals surface area contributed by atoms with Gasteiger partial charge in [-0.05, 0) is 42.9 Å². The van der Waals surface area contributed by atoms with Crippen LogP contribution in [0.5, 0.6) is 0 Å². The van der Waals surface area contributed by atoms with Gasteiger partial charge in [-0.3, -0.25) is 0 Å². The summed E-state index contributed by atoms with van der Waals surface area (Å²) >= 11 is 4.81. The first kappa shape index (κ1) is 10.9. The van der Waals surface area contributed by atoms with Crippen LogP contribution in [0.3, 0.4) is 0 Å². The molecule has 1 aromatic carbocycles. The van der Waals surface area contributed by atoms with E-state index in [0.717, 1.165) is 6.20 Å². The Kier molecular flexibility index (Phi) is 2.78. The molecule has 16 heavy (non-hydrogen) atoms. The molecule has 2 rings (SSSR count). The summed E-state index contributed by atoms with van der Waals surface area (Å²) in [5.41, 5.74) is 1.22. The highest BCUT2D eigenvalue weighted by Gasteiger charge is 2.07. The zero-order chi connectivity index (χ0) is 11.7. The van der Waals surface area contributed by atoms with Crippen molar-refractivity contribution in [3.63, 3.8) is 0 Å². The second kappa shape index (κ2) is 4.09. The van der Waals surface area contributed by atoms with Crippen molar-refractivity contribution < 1.29 is 8.78 Å². The van der Waals surface area contributed by atoms with Crippen molar-refractivity contribution in [2.75, 3.05) is 0 Å². The molecule has 0 amide bonds. The average Bonchev–Trinajstić information content (AvgIpc) is 2.26. The number of nitrogens with zero attached hydrogens (tertiary/aromatic N) is 1. The lowest BCUT2D eigenvalue weighted by Gasteiger charge is -2.04. The predicted octanol–water partition coefficient (Wildman–Crippen LogP) is 3.39. The van der Waals surface area contributed by atoms with E-state index in [1.807, 2.05) is 0 Å². The van der Waals surface area contributed by atoms with Crippen molar-refractivity contribution in [1.82, 2.24) is 9.97 Å².